The summed E-state index contributed by atoms with van der Waals surface area (Å²) in [5.74, 6) is 0.528. The molecule has 0 unspecified atom stereocenters. The Labute approximate surface area is 222 Å². The minimum Gasteiger partial charge on any atom is -0.497 e. The summed E-state index contributed by atoms with van der Waals surface area (Å²) < 4.78 is 48.1. The number of pyridine rings is 1. The van der Waals surface area contributed by atoms with Crippen LogP contribution in [0.25, 0.3) is 5.65 Å². The molecular weight excluding hydrogens is 513 g/mol. The standard InChI is InChI=1S/C28H27F3N4O2S/c1-37-21-9-11-22(12-10-21)38-23-14-25(27(36)32-15-20-17-34-13-5-4-8-26(34)33-20)35(18-23)16-19-6-2-3-7-24(19)28(29,30)31/h2-13,17,23,25H,14-16,18H2,1H3,(H,32,36)/t23-,25+/m1/s1. The largest absolute Gasteiger partial charge is 0.497 e. The van der Waals surface area contributed by atoms with Crippen molar-refractivity contribution in [2.45, 2.75) is 41.9 Å². The number of thioether (sulfide) groups is 1. The topological polar surface area (TPSA) is 58.9 Å². The number of hydrogen-bond donors (Lipinski definition) is 1. The van der Waals surface area contributed by atoms with Gasteiger partial charge in [0.2, 0.25) is 5.91 Å². The van der Waals surface area contributed by atoms with E-state index < -0.39 is 17.8 Å². The number of carbonyl (C=O) groups is 1. The summed E-state index contributed by atoms with van der Waals surface area (Å²) in [5, 5.41) is 2.99. The number of aromatic nitrogens is 2. The van der Waals surface area contributed by atoms with Gasteiger partial charge in [0, 0.05) is 35.6 Å². The maximum absolute atomic E-state index is 13.7. The van der Waals surface area contributed by atoms with Crippen molar-refractivity contribution in [1.29, 1.82) is 0 Å². The first-order chi connectivity index (χ1) is 18.3. The smallest absolute Gasteiger partial charge is 0.416 e. The third-order valence-electron chi connectivity index (χ3n) is 6.58. The molecule has 38 heavy (non-hydrogen) atoms. The highest BCUT2D eigenvalue weighted by Gasteiger charge is 2.39. The monoisotopic (exact) mass is 540 g/mol. The van der Waals surface area contributed by atoms with Crippen LogP contribution in [0.4, 0.5) is 13.2 Å². The number of nitrogens with zero attached hydrogens (tertiary/aromatic N) is 3. The molecule has 1 amide bonds. The van der Waals surface area contributed by atoms with Crippen molar-refractivity contribution in [2.24, 2.45) is 0 Å². The molecule has 6 nitrogen and oxygen atoms in total. The van der Waals surface area contributed by atoms with Gasteiger partial charge >= 0.3 is 6.18 Å². The van der Waals surface area contributed by atoms with E-state index in [-0.39, 0.29) is 29.8 Å². The maximum atomic E-state index is 13.7. The lowest BCUT2D eigenvalue weighted by Gasteiger charge is -2.25. The predicted molar refractivity (Wildman–Crippen MR) is 140 cm³/mol. The predicted octanol–water partition coefficient (Wildman–Crippen LogP) is 5.41. The molecule has 1 aliphatic heterocycles. The molecule has 2 aromatic heterocycles. The van der Waals surface area contributed by atoms with Crippen LogP contribution in [-0.4, -0.2) is 45.1 Å². The van der Waals surface area contributed by atoms with Crippen LogP contribution in [0.3, 0.4) is 0 Å². The van der Waals surface area contributed by atoms with E-state index in [9.17, 15) is 18.0 Å². The number of alkyl halides is 3. The van der Waals surface area contributed by atoms with Crippen molar-refractivity contribution >= 4 is 23.3 Å². The Hall–Kier alpha value is -3.50. The SMILES string of the molecule is COc1ccc(S[C@@H]2C[C@@H](C(=O)NCc3cn4ccccc4n3)N(Cc3ccccc3C(F)(F)F)C2)cc1. The van der Waals surface area contributed by atoms with Gasteiger partial charge in [-0.3, -0.25) is 9.69 Å². The first kappa shape index (κ1) is 26.1. The van der Waals surface area contributed by atoms with Crippen LogP contribution in [0.15, 0.2) is 84.0 Å². The van der Waals surface area contributed by atoms with Crippen LogP contribution >= 0.6 is 11.8 Å². The molecule has 0 bridgehead atoms. The average molecular weight is 541 g/mol. The summed E-state index contributed by atoms with van der Waals surface area (Å²) in [5.41, 5.74) is 0.975. The van der Waals surface area contributed by atoms with Crippen LogP contribution in [0.5, 0.6) is 5.75 Å². The lowest BCUT2D eigenvalue weighted by molar-refractivity contribution is -0.138. The molecule has 1 N–H and O–H groups in total. The summed E-state index contributed by atoms with van der Waals surface area (Å²) in [6.07, 6.45) is -0.217. The second-order valence-corrected chi connectivity index (χ2v) is 10.5. The third-order valence-corrected chi connectivity index (χ3v) is 7.80. The minimum absolute atomic E-state index is 0.0296. The number of carbonyl (C=O) groups excluding carboxylic acids is 1. The van der Waals surface area contributed by atoms with Crippen LogP contribution in [-0.2, 0) is 24.1 Å². The van der Waals surface area contributed by atoms with Crippen molar-refractivity contribution in [1.82, 2.24) is 19.6 Å². The average Bonchev–Trinajstić information content (AvgIpc) is 3.51. The Morgan fingerprint density at radius 3 is 2.61 bits per heavy atom. The zero-order chi connectivity index (χ0) is 26.7. The summed E-state index contributed by atoms with van der Waals surface area (Å²) in [6, 6.07) is 18.3. The molecule has 0 spiro atoms. The molecule has 2 aromatic carbocycles. The molecule has 4 aromatic rings. The molecular formula is C28H27F3N4O2S. The number of benzene rings is 2. The summed E-state index contributed by atoms with van der Waals surface area (Å²) in [4.78, 5) is 20.7. The first-order valence-corrected chi connectivity index (χ1v) is 13.1. The van der Waals surface area contributed by atoms with Gasteiger partial charge in [-0.2, -0.15) is 13.2 Å². The molecule has 10 heteroatoms. The van der Waals surface area contributed by atoms with Crippen LogP contribution in [0, 0.1) is 0 Å². The Balaban J connectivity index is 1.33. The molecule has 198 valence electrons. The van der Waals surface area contributed by atoms with Gasteiger partial charge in [0.25, 0.3) is 0 Å². The molecule has 2 atom stereocenters. The van der Waals surface area contributed by atoms with Gasteiger partial charge in [-0.1, -0.05) is 24.3 Å². The van der Waals surface area contributed by atoms with E-state index in [2.05, 4.69) is 10.3 Å². The summed E-state index contributed by atoms with van der Waals surface area (Å²) >= 11 is 1.62. The highest BCUT2D eigenvalue weighted by molar-refractivity contribution is 8.00. The number of methoxy groups -OCH3 is 1. The van der Waals surface area contributed by atoms with E-state index in [4.69, 9.17) is 4.74 Å². The van der Waals surface area contributed by atoms with E-state index in [0.29, 0.717) is 18.7 Å². The molecule has 1 fully saturated rings. The normalized spacial score (nSPS) is 18.1. The molecule has 0 radical (unpaired) electrons. The minimum atomic E-state index is -4.46. The number of amides is 1. The van der Waals surface area contributed by atoms with Crippen molar-refractivity contribution < 1.29 is 22.7 Å². The van der Waals surface area contributed by atoms with Crippen molar-refractivity contribution in [3.63, 3.8) is 0 Å². The zero-order valence-electron chi connectivity index (χ0n) is 20.7. The van der Waals surface area contributed by atoms with Gasteiger partial charge in [0.05, 0.1) is 31.0 Å². The molecule has 1 saturated heterocycles. The van der Waals surface area contributed by atoms with E-state index in [0.717, 1.165) is 22.4 Å². The number of nitrogens with one attached hydrogen (secondary N) is 1. The van der Waals surface area contributed by atoms with Gasteiger partial charge < -0.3 is 14.5 Å². The van der Waals surface area contributed by atoms with Gasteiger partial charge in [-0.05, 0) is 54.4 Å². The highest BCUT2D eigenvalue weighted by Crippen LogP contribution is 2.37. The van der Waals surface area contributed by atoms with E-state index in [1.807, 2.05) is 64.2 Å². The molecule has 0 aliphatic carbocycles. The number of ether oxygens (including phenoxy) is 1. The van der Waals surface area contributed by atoms with Crippen molar-refractivity contribution in [3.05, 3.63) is 95.9 Å². The van der Waals surface area contributed by atoms with Gasteiger partial charge in [0.1, 0.15) is 11.4 Å². The van der Waals surface area contributed by atoms with E-state index >= 15 is 0 Å². The van der Waals surface area contributed by atoms with Crippen LogP contribution in [0.1, 0.15) is 23.2 Å². The molecule has 1 aliphatic rings. The summed E-state index contributed by atoms with van der Waals surface area (Å²) in [7, 11) is 1.60. The van der Waals surface area contributed by atoms with Gasteiger partial charge in [-0.15, -0.1) is 11.8 Å². The fraction of sp³-hybridized carbons (Fsp3) is 0.286. The third kappa shape index (κ3) is 5.97. The lowest BCUT2D eigenvalue weighted by atomic mass is 10.1. The second kappa shape index (κ2) is 11.1. The van der Waals surface area contributed by atoms with Crippen molar-refractivity contribution in [3.8, 4) is 5.75 Å². The maximum Gasteiger partial charge on any atom is 0.416 e. The number of rotatable bonds is 8. The molecule has 5 rings (SSSR count). The number of halogens is 3. The number of hydrogen-bond acceptors (Lipinski definition) is 5. The fourth-order valence-electron chi connectivity index (χ4n) is 4.76. The first-order valence-electron chi connectivity index (χ1n) is 12.2. The second-order valence-electron chi connectivity index (χ2n) is 9.17. The Bertz CT molecular complexity index is 1370. The van der Waals surface area contributed by atoms with E-state index in [1.165, 1.54) is 12.1 Å². The molecule has 3 heterocycles. The Morgan fingerprint density at radius 1 is 1.11 bits per heavy atom. The zero-order valence-corrected chi connectivity index (χ0v) is 21.5. The number of imidazole rings is 1. The molecule has 0 saturated carbocycles. The lowest BCUT2D eigenvalue weighted by Crippen LogP contribution is -2.42. The van der Waals surface area contributed by atoms with Crippen LogP contribution in [0.2, 0.25) is 0 Å². The van der Waals surface area contributed by atoms with Crippen LogP contribution < -0.4 is 10.1 Å². The Morgan fingerprint density at radius 2 is 1.87 bits per heavy atom. The van der Waals surface area contributed by atoms with Gasteiger partial charge in [-0.25, -0.2) is 4.98 Å². The Kier molecular flexibility index (Phi) is 7.62. The van der Waals surface area contributed by atoms with Gasteiger partial charge in [0.15, 0.2) is 0 Å². The highest BCUT2D eigenvalue weighted by atomic mass is 32.2. The number of fused-ring (bicyclic) bond motifs is 1. The van der Waals surface area contributed by atoms with E-state index in [1.54, 1.807) is 24.9 Å². The van der Waals surface area contributed by atoms with Crippen molar-refractivity contribution in [2.75, 3.05) is 13.7 Å². The number of likely N-dealkylation sites (tertiary alicyclic amines) is 1. The quantitative estimate of drug-likeness (QED) is 0.324. The summed E-state index contributed by atoms with van der Waals surface area (Å²) in [6.45, 7) is 0.747. The fourth-order valence-corrected chi connectivity index (χ4v) is 5.99.